The van der Waals surface area contributed by atoms with Crippen molar-refractivity contribution >= 4 is 0 Å². The van der Waals surface area contributed by atoms with Crippen molar-refractivity contribution in [1.29, 1.82) is 0 Å². The van der Waals surface area contributed by atoms with Gasteiger partial charge in [-0.15, -0.1) is 0 Å². The highest BCUT2D eigenvalue weighted by atomic mass is 16.5. The summed E-state index contributed by atoms with van der Waals surface area (Å²) < 4.78 is 5.30. The fourth-order valence-electron chi connectivity index (χ4n) is 1.26. The van der Waals surface area contributed by atoms with Crippen molar-refractivity contribution in [2.75, 3.05) is 13.2 Å². The molecule has 0 aromatic carbocycles. The normalized spacial score (nSPS) is 36.7. The molecule has 1 aliphatic heterocycles. The summed E-state index contributed by atoms with van der Waals surface area (Å²) in [6.07, 6.45) is 2.41. The van der Waals surface area contributed by atoms with E-state index in [9.17, 15) is 0 Å². The van der Waals surface area contributed by atoms with E-state index < -0.39 is 0 Å². The van der Waals surface area contributed by atoms with Crippen LogP contribution in [0.1, 0.15) is 19.8 Å². The molecular weight excluding hydrogens is 116 g/mol. The Bertz CT molecular complexity index is 83.0. The summed E-state index contributed by atoms with van der Waals surface area (Å²) in [4.78, 5) is 0. The van der Waals surface area contributed by atoms with Gasteiger partial charge >= 0.3 is 0 Å². The van der Waals surface area contributed by atoms with Crippen LogP contribution in [0.3, 0.4) is 0 Å². The lowest BCUT2D eigenvalue weighted by Gasteiger charge is -2.25. The molecule has 2 atom stereocenters. The number of aliphatic hydroxyl groups excluding tert-OH is 1. The Morgan fingerprint density at radius 3 is 2.89 bits per heavy atom. The maximum Gasteiger partial charge on any atom is 0.0550 e. The van der Waals surface area contributed by atoms with Crippen molar-refractivity contribution < 1.29 is 9.84 Å². The molecule has 0 saturated carbocycles. The van der Waals surface area contributed by atoms with Crippen LogP contribution in [0.5, 0.6) is 0 Å². The van der Waals surface area contributed by atoms with E-state index in [4.69, 9.17) is 9.84 Å². The summed E-state index contributed by atoms with van der Waals surface area (Å²) in [7, 11) is 0. The Morgan fingerprint density at radius 2 is 2.44 bits per heavy atom. The first-order valence-electron chi connectivity index (χ1n) is 3.55. The van der Waals surface area contributed by atoms with E-state index in [1.54, 1.807) is 0 Å². The molecule has 1 heterocycles. The molecular formula is C7H14O2. The summed E-state index contributed by atoms with van der Waals surface area (Å²) in [6, 6.07) is 0. The highest BCUT2D eigenvalue weighted by molar-refractivity contribution is 4.66. The Labute approximate surface area is 55.8 Å². The molecule has 0 amide bonds. The predicted molar refractivity (Wildman–Crippen MR) is 35.2 cm³/mol. The van der Waals surface area contributed by atoms with Crippen LogP contribution in [0.15, 0.2) is 0 Å². The summed E-state index contributed by atoms with van der Waals surface area (Å²) in [5, 5.41) is 8.75. The monoisotopic (exact) mass is 130 g/mol. The van der Waals surface area contributed by atoms with E-state index in [1.165, 1.54) is 0 Å². The van der Waals surface area contributed by atoms with Crippen LogP contribution >= 0.6 is 0 Å². The second-order valence-electron chi connectivity index (χ2n) is 2.75. The number of aliphatic hydroxyl groups is 1. The summed E-state index contributed by atoms with van der Waals surface area (Å²) in [5.74, 6) is 0.494. The van der Waals surface area contributed by atoms with Crippen molar-refractivity contribution in [2.24, 2.45) is 5.92 Å². The van der Waals surface area contributed by atoms with Crippen LogP contribution in [-0.4, -0.2) is 24.4 Å². The molecule has 1 N–H and O–H groups in total. The Hall–Kier alpha value is -0.0800. The molecule has 9 heavy (non-hydrogen) atoms. The van der Waals surface area contributed by atoms with Gasteiger partial charge in [0.05, 0.1) is 6.10 Å². The highest BCUT2D eigenvalue weighted by Crippen LogP contribution is 2.18. The summed E-state index contributed by atoms with van der Waals surface area (Å²) >= 11 is 0. The zero-order chi connectivity index (χ0) is 6.69. The van der Waals surface area contributed by atoms with Gasteiger partial charge in [-0.2, -0.15) is 0 Å². The minimum Gasteiger partial charge on any atom is -0.396 e. The molecule has 0 radical (unpaired) electrons. The number of hydrogen-bond acceptors (Lipinski definition) is 2. The fourth-order valence-corrected chi connectivity index (χ4v) is 1.26. The Kier molecular flexibility index (Phi) is 2.49. The molecule has 2 heteroatoms. The summed E-state index contributed by atoms with van der Waals surface area (Å²) in [5.41, 5.74) is 0. The van der Waals surface area contributed by atoms with Gasteiger partial charge in [0.25, 0.3) is 0 Å². The minimum absolute atomic E-state index is 0.327. The second kappa shape index (κ2) is 3.18. The standard InChI is InChI=1S/C7H14O2/c1-6-4-7(5-8)2-3-9-6/h6-8H,2-5H2,1H3/t6-,7-/m1/s1. The van der Waals surface area contributed by atoms with Crippen LogP contribution in [-0.2, 0) is 4.74 Å². The smallest absolute Gasteiger partial charge is 0.0550 e. The Balaban J connectivity index is 2.23. The second-order valence-corrected chi connectivity index (χ2v) is 2.75. The minimum atomic E-state index is 0.327. The van der Waals surface area contributed by atoms with Gasteiger partial charge in [0.1, 0.15) is 0 Å². The molecule has 0 spiro atoms. The third kappa shape index (κ3) is 1.95. The first-order valence-corrected chi connectivity index (χ1v) is 3.55. The molecule has 1 fully saturated rings. The third-order valence-corrected chi connectivity index (χ3v) is 1.85. The molecule has 54 valence electrons. The van der Waals surface area contributed by atoms with Crippen molar-refractivity contribution in [2.45, 2.75) is 25.9 Å². The number of hydrogen-bond donors (Lipinski definition) is 1. The summed E-state index contributed by atoms with van der Waals surface area (Å²) in [6.45, 7) is 3.21. The molecule has 1 aliphatic rings. The van der Waals surface area contributed by atoms with E-state index in [1.807, 2.05) is 0 Å². The highest BCUT2D eigenvalue weighted by Gasteiger charge is 2.17. The van der Waals surface area contributed by atoms with Crippen LogP contribution in [0.4, 0.5) is 0 Å². The van der Waals surface area contributed by atoms with Crippen LogP contribution in [0.2, 0.25) is 0 Å². The van der Waals surface area contributed by atoms with E-state index in [2.05, 4.69) is 6.92 Å². The van der Waals surface area contributed by atoms with Crippen LogP contribution < -0.4 is 0 Å². The Morgan fingerprint density at radius 1 is 1.67 bits per heavy atom. The van der Waals surface area contributed by atoms with Crippen molar-refractivity contribution in [3.05, 3.63) is 0 Å². The lowest BCUT2D eigenvalue weighted by molar-refractivity contribution is -0.0106. The molecule has 0 aromatic rings. The van der Waals surface area contributed by atoms with Crippen molar-refractivity contribution in [1.82, 2.24) is 0 Å². The van der Waals surface area contributed by atoms with E-state index in [-0.39, 0.29) is 0 Å². The molecule has 0 bridgehead atoms. The molecule has 1 saturated heterocycles. The fraction of sp³-hybridized carbons (Fsp3) is 1.00. The first kappa shape index (κ1) is 7.03. The van der Waals surface area contributed by atoms with Crippen LogP contribution in [0.25, 0.3) is 0 Å². The van der Waals surface area contributed by atoms with Gasteiger partial charge in [0.2, 0.25) is 0 Å². The average Bonchev–Trinajstić information content (AvgIpc) is 1.88. The zero-order valence-corrected chi connectivity index (χ0v) is 5.84. The molecule has 0 aromatic heterocycles. The van der Waals surface area contributed by atoms with E-state index in [0.717, 1.165) is 19.4 Å². The van der Waals surface area contributed by atoms with Crippen molar-refractivity contribution in [3.8, 4) is 0 Å². The molecule has 2 nitrogen and oxygen atoms in total. The average molecular weight is 130 g/mol. The molecule has 0 aliphatic carbocycles. The number of ether oxygens (including phenoxy) is 1. The van der Waals surface area contributed by atoms with Gasteiger partial charge in [-0.25, -0.2) is 0 Å². The first-order chi connectivity index (χ1) is 4.33. The quantitative estimate of drug-likeness (QED) is 0.568. The molecule has 0 unspecified atom stereocenters. The van der Waals surface area contributed by atoms with E-state index in [0.29, 0.717) is 18.6 Å². The van der Waals surface area contributed by atoms with Gasteiger partial charge in [0, 0.05) is 13.2 Å². The lowest BCUT2D eigenvalue weighted by atomic mass is 9.97. The topological polar surface area (TPSA) is 29.5 Å². The van der Waals surface area contributed by atoms with Gasteiger partial charge in [0.15, 0.2) is 0 Å². The maximum atomic E-state index is 8.75. The lowest BCUT2D eigenvalue weighted by Crippen LogP contribution is -2.24. The zero-order valence-electron chi connectivity index (χ0n) is 5.84. The van der Waals surface area contributed by atoms with Gasteiger partial charge < -0.3 is 9.84 Å². The SMILES string of the molecule is C[C@@H]1C[C@H](CO)CCO1. The predicted octanol–water partition coefficient (Wildman–Crippen LogP) is 0.794. The van der Waals surface area contributed by atoms with Gasteiger partial charge in [-0.3, -0.25) is 0 Å². The molecule has 1 rings (SSSR count). The maximum absolute atomic E-state index is 8.75. The largest absolute Gasteiger partial charge is 0.396 e. The van der Waals surface area contributed by atoms with E-state index >= 15 is 0 Å². The van der Waals surface area contributed by atoms with Gasteiger partial charge in [-0.05, 0) is 25.7 Å². The van der Waals surface area contributed by atoms with Crippen molar-refractivity contribution in [3.63, 3.8) is 0 Å². The third-order valence-electron chi connectivity index (χ3n) is 1.85. The number of rotatable bonds is 1. The van der Waals surface area contributed by atoms with Crippen LogP contribution in [0, 0.1) is 5.92 Å². The van der Waals surface area contributed by atoms with Gasteiger partial charge in [-0.1, -0.05) is 0 Å².